The van der Waals surface area contributed by atoms with E-state index in [4.69, 9.17) is 0 Å². The molecule has 1 aliphatic carbocycles. The van der Waals surface area contributed by atoms with Crippen molar-refractivity contribution in [3.05, 3.63) is 22.8 Å². The van der Waals surface area contributed by atoms with Crippen molar-refractivity contribution in [2.45, 2.75) is 38.5 Å². The van der Waals surface area contributed by atoms with Crippen LogP contribution in [0.3, 0.4) is 0 Å². The Morgan fingerprint density at radius 3 is 2.68 bits per heavy atom. The molecule has 2 aromatic rings. The van der Waals surface area contributed by atoms with E-state index < -0.39 is 0 Å². The topological polar surface area (TPSA) is 58.0 Å². The highest BCUT2D eigenvalue weighted by molar-refractivity contribution is 7.15. The van der Waals surface area contributed by atoms with Gasteiger partial charge in [-0.3, -0.25) is 0 Å². The molecule has 1 aliphatic heterocycles. The summed E-state index contributed by atoms with van der Waals surface area (Å²) in [5.74, 6) is 1.28. The molecule has 2 aromatic heterocycles. The molecule has 0 spiro atoms. The molecule has 2 fully saturated rings. The largest absolute Gasteiger partial charge is 0.357 e. The fraction of sp³-hybridized carbons (Fsp3) is 0.647. The van der Waals surface area contributed by atoms with Crippen LogP contribution in [0.1, 0.15) is 42.3 Å². The first-order chi connectivity index (χ1) is 12.1. The molecule has 0 amide bonds. The lowest BCUT2D eigenvalue weighted by molar-refractivity contribution is 0.406. The first-order valence-electron chi connectivity index (χ1n) is 8.88. The monoisotopic (exact) mass is 362 g/mol. The average Bonchev–Trinajstić information content (AvgIpc) is 3.35. The molecule has 0 radical (unpaired) electrons. The van der Waals surface area contributed by atoms with Crippen LogP contribution in [0.2, 0.25) is 0 Å². The quantitative estimate of drug-likeness (QED) is 0.815. The van der Waals surface area contributed by atoms with Crippen molar-refractivity contribution in [1.29, 1.82) is 0 Å². The van der Waals surface area contributed by atoms with Gasteiger partial charge in [0.25, 0.3) is 0 Å². The molecule has 134 valence electrons. The van der Waals surface area contributed by atoms with Crippen molar-refractivity contribution in [3.8, 4) is 0 Å². The summed E-state index contributed by atoms with van der Waals surface area (Å²) in [4.78, 5) is 12.3. The Kier molecular flexibility index (Phi) is 4.54. The van der Waals surface area contributed by atoms with Crippen LogP contribution in [0, 0.1) is 18.7 Å². The number of rotatable bonds is 5. The fourth-order valence-electron chi connectivity index (χ4n) is 3.34. The number of halogens is 1. The van der Waals surface area contributed by atoms with E-state index in [1.165, 1.54) is 24.2 Å². The standard InChI is InChI=1S/C17H23FN6S/c1-11-14(18)15(20-10-19-11)23(2)9-12-5-7-24(8-6-12)17-22-21-16(25-17)13-3-4-13/h10,12-13H,3-9H2,1-2H3. The van der Waals surface area contributed by atoms with Gasteiger partial charge in [-0.2, -0.15) is 0 Å². The van der Waals surface area contributed by atoms with Gasteiger partial charge in [-0.25, -0.2) is 14.4 Å². The highest BCUT2D eigenvalue weighted by Crippen LogP contribution is 2.42. The van der Waals surface area contributed by atoms with E-state index in [0.29, 0.717) is 23.3 Å². The number of piperidine rings is 1. The van der Waals surface area contributed by atoms with Crippen LogP contribution >= 0.6 is 11.3 Å². The first kappa shape index (κ1) is 16.6. The minimum Gasteiger partial charge on any atom is -0.357 e. The Bertz CT molecular complexity index is 738. The molecule has 2 aliphatic rings. The summed E-state index contributed by atoms with van der Waals surface area (Å²) in [6.45, 7) is 4.46. The molecular weight excluding hydrogens is 339 g/mol. The molecule has 1 saturated heterocycles. The lowest BCUT2D eigenvalue weighted by atomic mass is 9.96. The lowest BCUT2D eigenvalue weighted by Crippen LogP contribution is -2.38. The Morgan fingerprint density at radius 1 is 1.20 bits per heavy atom. The second-order valence-corrected chi connectivity index (χ2v) is 8.09. The first-order valence-corrected chi connectivity index (χ1v) is 9.70. The zero-order valence-corrected chi connectivity index (χ0v) is 15.5. The molecule has 0 aromatic carbocycles. The Morgan fingerprint density at radius 2 is 1.96 bits per heavy atom. The van der Waals surface area contributed by atoms with E-state index >= 15 is 0 Å². The van der Waals surface area contributed by atoms with Crippen molar-refractivity contribution in [2.75, 3.05) is 36.5 Å². The molecule has 3 heterocycles. The van der Waals surface area contributed by atoms with E-state index in [1.807, 2.05) is 11.9 Å². The van der Waals surface area contributed by atoms with Gasteiger partial charge in [0.05, 0.1) is 5.69 Å². The summed E-state index contributed by atoms with van der Waals surface area (Å²) in [7, 11) is 1.91. The molecular formula is C17H23FN6S. The van der Waals surface area contributed by atoms with Crippen LogP contribution < -0.4 is 9.80 Å². The third-order valence-corrected chi connectivity index (χ3v) is 6.23. The number of hydrogen-bond donors (Lipinski definition) is 0. The van der Waals surface area contributed by atoms with E-state index in [2.05, 4.69) is 25.1 Å². The maximum Gasteiger partial charge on any atom is 0.208 e. The second kappa shape index (κ2) is 6.82. The van der Waals surface area contributed by atoms with Gasteiger partial charge in [-0.05, 0) is 38.5 Å². The van der Waals surface area contributed by atoms with E-state index in [0.717, 1.165) is 37.6 Å². The molecule has 4 rings (SSSR count). The van der Waals surface area contributed by atoms with Gasteiger partial charge in [0, 0.05) is 32.6 Å². The number of aromatic nitrogens is 4. The van der Waals surface area contributed by atoms with Crippen molar-refractivity contribution in [1.82, 2.24) is 20.2 Å². The van der Waals surface area contributed by atoms with Crippen LogP contribution in [-0.2, 0) is 0 Å². The van der Waals surface area contributed by atoms with Gasteiger partial charge in [0.1, 0.15) is 11.3 Å². The number of hydrogen-bond acceptors (Lipinski definition) is 7. The minimum absolute atomic E-state index is 0.316. The van der Waals surface area contributed by atoms with Gasteiger partial charge in [-0.15, -0.1) is 10.2 Å². The molecule has 0 unspecified atom stereocenters. The Labute approximate surface area is 151 Å². The van der Waals surface area contributed by atoms with Crippen LogP contribution in [0.15, 0.2) is 6.33 Å². The Balaban J connectivity index is 1.33. The van der Waals surface area contributed by atoms with Crippen LogP contribution in [0.25, 0.3) is 0 Å². The summed E-state index contributed by atoms with van der Waals surface area (Å²) in [5.41, 5.74) is 0.398. The average molecular weight is 362 g/mol. The summed E-state index contributed by atoms with van der Waals surface area (Å²) < 4.78 is 14.2. The molecule has 6 nitrogen and oxygen atoms in total. The third kappa shape index (κ3) is 3.58. The zero-order valence-electron chi connectivity index (χ0n) is 14.7. The van der Waals surface area contributed by atoms with Crippen molar-refractivity contribution in [3.63, 3.8) is 0 Å². The smallest absolute Gasteiger partial charge is 0.208 e. The zero-order chi connectivity index (χ0) is 17.4. The summed E-state index contributed by atoms with van der Waals surface area (Å²) >= 11 is 1.75. The predicted molar refractivity (Wildman–Crippen MR) is 96.8 cm³/mol. The van der Waals surface area contributed by atoms with E-state index in [1.54, 1.807) is 18.3 Å². The fourth-order valence-corrected chi connectivity index (χ4v) is 4.41. The van der Waals surface area contributed by atoms with E-state index in [9.17, 15) is 4.39 Å². The molecule has 1 saturated carbocycles. The van der Waals surface area contributed by atoms with Crippen molar-refractivity contribution in [2.24, 2.45) is 5.92 Å². The predicted octanol–water partition coefficient (Wildman–Crippen LogP) is 3.01. The minimum atomic E-state index is -0.316. The van der Waals surface area contributed by atoms with Gasteiger partial charge < -0.3 is 9.80 Å². The SMILES string of the molecule is Cc1ncnc(N(C)CC2CCN(c3nnc(C4CC4)s3)CC2)c1F. The number of anilines is 2. The maximum atomic E-state index is 14.2. The molecule has 0 atom stereocenters. The van der Waals surface area contributed by atoms with Gasteiger partial charge in [0.15, 0.2) is 11.6 Å². The van der Waals surface area contributed by atoms with Crippen LogP contribution in [-0.4, -0.2) is 46.8 Å². The molecule has 25 heavy (non-hydrogen) atoms. The Hall–Kier alpha value is -1.83. The lowest BCUT2D eigenvalue weighted by Gasteiger charge is -2.33. The normalized spacial score (nSPS) is 18.6. The van der Waals surface area contributed by atoms with Crippen LogP contribution in [0.4, 0.5) is 15.3 Å². The van der Waals surface area contributed by atoms with Crippen molar-refractivity contribution >= 4 is 22.3 Å². The number of nitrogens with zero attached hydrogens (tertiary/aromatic N) is 6. The van der Waals surface area contributed by atoms with Crippen molar-refractivity contribution < 1.29 is 4.39 Å². The number of aryl methyl sites for hydroxylation is 1. The third-order valence-electron chi connectivity index (χ3n) is 5.08. The maximum absolute atomic E-state index is 14.2. The molecule has 0 N–H and O–H groups in total. The van der Waals surface area contributed by atoms with Gasteiger partial charge >= 0.3 is 0 Å². The summed E-state index contributed by atoms with van der Waals surface area (Å²) in [6.07, 6.45) is 6.12. The highest BCUT2D eigenvalue weighted by atomic mass is 32.1. The highest BCUT2D eigenvalue weighted by Gasteiger charge is 2.29. The second-order valence-electron chi connectivity index (χ2n) is 7.10. The summed E-state index contributed by atoms with van der Waals surface area (Å²) in [5, 5.41) is 11.0. The molecule has 8 heteroatoms. The van der Waals surface area contributed by atoms with E-state index in [-0.39, 0.29) is 5.82 Å². The van der Waals surface area contributed by atoms with Crippen LogP contribution in [0.5, 0.6) is 0 Å². The summed E-state index contributed by atoms with van der Waals surface area (Å²) in [6, 6.07) is 0. The van der Waals surface area contributed by atoms with Gasteiger partial charge in [-0.1, -0.05) is 11.3 Å². The van der Waals surface area contributed by atoms with Gasteiger partial charge in [0.2, 0.25) is 5.13 Å². The molecule has 0 bridgehead atoms.